The molecule has 0 radical (unpaired) electrons. The number of anilines is 1. The second-order valence-electron chi connectivity index (χ2n) is 6.61. The van der Waals surface area contributed by atoms with Gasteiger partial charge in [0.05, 0.1) is 17.0 Å². The molecule has 0 bridgehead atoms. The van der Waals surface area contributed by atoms with Crippen molar-refractivity contribution < 1.29 is 13.2 Å². The summed E-state index contributed by atoms with van der Waals surface area (Å²) in [6.45, 7) is 1.82. The van der Waals surface area contributed by atoms with Crippen LogP contribution in [0.2, 0.25) is 0 Å². The summed E-state index contributed by atoms with van der Waals surface area (Å²) in [7, 11) is 0. The van der Waals surface area contributed by atoms with Gasteiger partial charge in [0, 0.05) is 0 Å². The maximum Gasteiger partial charge on any atom is 0.416 e. The van der Waals surface area contributed by atoms with Crippen LogP contribution in [0, 0.1) is 0 Å². The highest BCUT2D eigenvalue weighted by Gasteiger charge is 2.30. The third kappa shape index (κ3) is 3.56. The first-order valence-corrected chi connectivity index (χ1v) is 8.81. The predicted molar refractivity (Wildman–Crippen MR) is 109 cm³/mol. The Morgan fingerprint density at radius 2 is 1.54 bits per heavy atom. The number of rotatable bonds is 3. The van der Waals surface area contributed by atoms with Gasteiger partial charge in [0.15, 0.2) is 0 Å². The lowest BCUT2D eigenvalue weighted by Gasteiger charge is -2.09. The van der Waals surface area contributed by atoms with Crippen LogP contribution in [-0.2, 0) is 6.18 Å². The Hall–Kier alpha value is -3.34. The zero-order valence-corrected chi connectivity index (χ0v) is 15.1. The predicted octanol–water partition coefficient (Wildman–Crippen LogP) is 6.85. The third-order valence-electron chi connectivity index (χ3n) is 4.71. The van der Waals surface area contributed by atoms with Crippen molar-refractivity contribution in [1.29, 1.82) is 0 Å². The Kier molecular flexibility index (Phi) is 4.51. The van der Waals surface area contributed by atoms with Gasteiger partial charge in [-0.3, -0.25) is 5.43 Å². The van der Waals surface area contributed by atoms with E-state index in [2.05, 4.69) is 40.9 Å². The molecule has 0 saturated carbocycles. The van der Waals surface area contributed by atoms with Gasteiger partial charge in [-0.05, 0) is 58.3 Å². The molecule has 4 aromatic carbocycles. The average molecular weight is 378 g/mol. The van der Waals surface area contributed by atoms with Crippen LogP contribution >= 0.6 is 0 Å². The Balaban J connectivity index is 1.63. The van der Waals surface area contributed by atoms with Crippen molar-refractivity contribution in [2.24, 2.45) is 5.10 Å². The van der Waals surface area contributed by atoms with Crippen molar-refractivity contribution in [3.05, 3.63) is 90.0 Å². The fourth-order valence-corrected chi connectivity index (χ4v) is 3.22. The van der Waals surface area contributed by atoms with Crippen LogP contribution in [0.5, 0.6) is 0 Å². The van der Waals surface area contributed by atoms with Crippen molar-refractivity contribution in [1.82, 2.24) is 0 Å². The molecule has 1 N–H and O–H groups in total. The van der Waals surface area contributed by atoms with E-state index in [0.29, 0.717) is 11.4 Å². The van der Waals surface area contributed by atoms with E-state index in [4.69, 9.17) is 0 Å². The molecule has 0 atom stereocenters. The van der Waals surface area contributed by atoms with Gasteiger partial charge in [-0.2, -0.15) is 18.3 Å². The molecule has 0 heterocycles. The zero-order valence-electron chi connectivity index (χ0n) is 15.1. The highest BCUT2D eigenvalue weighted by Crippen LogP contribution is 2.31. The lowest BCUT2D eigenvalue weighted by atomic mass is 9.99. The molecule has 0 aliphatic heterocycles. The van der Waals surface area contributed by atoms with Gasteiger partial charge in [0.2, 0.25) is 0 Å². The largest absolute Gasteiger partial charge is 0.416 e. The molecule has 0 aromatic heterocycles. The molecular weight excluding hydrogens is 361 g/mol. The maximum atomic E-state index is 12.8. The van der Waals surface area contributed by atoms with E-state index in [-0.39, 0.29) is 0 Å². The van der Waals surface area contributed by atoms with E-state index in [1.807, 2.05) is 31.2 Å². The molecule has 0 saturated heterocycles. The van der Waals surface area contributed by atoms with E-state index in [9.17, 15) is 13.2 Å². The van der Waals surface area contributed by atoms with Crippen molar-refractivity contribution in [3.8, 4) is 0 Å². The standard InChI is InChI=1S/C23H17F3N2/c1-15(27-28-20-7-4-6-19(14-20)23(24,25)26)17-11-12-22-18(13-17)10-9-16-5-2-3-8-21(16)22/h2-14,28H,1H3/b27-15+. The molecule has 2 nitrogen and oxygen atoms in total. The minimum absolute atomic E-state index is 0.293. The molecule has 28 heavy (non-hydrogen) atoms. The van der Waals surface area contributed by atoms with E-state index in [1.54, 1.807) is 6.07 Å². The fourth-order valence-electron chi connectivity index (χ4n) is 3.22. The maximum absolute atomic E-state index is 12.8. The molecule has 0 amide bonds. The Labute approximate surface area is 160 Å². The lowest BCUT2D eigenvalue weighted by molar-refractivity contribution is -0.137. The number of hydrogen-bond acceptors (Lipinski definition) is 2. The van der Waals surface area contributed by atoms with E-state index in [1.165, 1.54) is 16.8 Å². The summed E-state index contributed by atoms with van der Waals surface area (Å²) < 4.78 is 38.5. The SMILES string of the molecule is C/C(=N\Nc1cccc(C(F)(F)F)c1)c1ccc2c(ccc3ccccc32)c1. The van der Waals surface area contributed by atoms with Crippen molar-refractivity contribution in [3.63, 3.8) is 0 Å². The lowest BCUT2D eigenvalue weighted by Crippen LogP contribution is -2.05. The summed E-state index contributed by atoms with van der Waals surface area (Å²) in [5, 5.41) is 8.86. The number of alkyl halides is 3. The number of benzene rings is 4. The number of nitrogens with zero attached hydrogens (tertiary/aromatic N) is 1. The number of halogens is 3. The molecule has 0 fully saturated rings. The monoisotopic (exact) mass is 378 g/mol. The first-order valence-electron chi connectivity index (χ1n) is 8.81. The number of fused-ring (bicyclic) bond motifs is 3. The van der Waals surface area contributed by atoms with Crippen LogP contribution in [0.25, 0.3) is 21.5 Å². The Morgan fingerprint density at radius 3 is 2.36 bits per heavy atom. The third-order valence-corrected chi connectivity index (χ3v) is 4.71. The summed E-state index contributed by atoms with van der Waals surface area (Å²) >= 11 is 0. The van der Waals surface area contributed by atoms with Crippen LogP contribution < -0.4 is 5.43 Å². The minimum Gasteiger partial charge on any atom is -0.278 e. The van der Waals surface area contributed by atoms with Gasteiger partial charge in [-0.25, -0.2) is 0 Å². The quantitative estimate of drug-likeness (QED) is 0.235. The van der Waals surface area contributed by atoms with Crippen LogP contribution in [0.1, 0.15) is 18.1 Å². The molecule has 0 unspecified atom stereocenters. The van der Waals surface area contributed by atoms with Crippen LogP contribution in [0.4, 0.5) is 18.9 Å². The molecule has 4 rings (SSSR count). The number of hydrogen-bond donors (Lipinski definition) is 1. The summed E-state index contributed by atoms with van der Waals surface area (Å²) in [5.41, 5.74) is 3.90. The van der Waals surface area contributed by atoms with Crippen molar-refractivity contribution >= 4 is 32.9 Å². The van der Waals surface area contributed by atoms with Crippen LogP contribution in [0.15, 0.2) is 84.0 Å². The van der Waals surface area contributed by atoms with E-state index < -0.39 is 11.7 Å². The molecule has 4 aromatic rings. The molecule has 0 aliphatic carbocycles. The smallest absolute Gasteiger partial charge is 0.278 e. The molecule has 5 heteroatoms. The Bertz CT molecular complexity index is 1190. The van der Waals surface area contributed by atoms with Gasteiger partial charge < -0.3 is 0 Å². The molecule has 0 spiro atoms. The van der Waals surface area contributed by atoms with Gasteiger partial charge in [0.1, 0.15) is 0 Å². The second kappa shape index (κ2) is 7.00. The van der Waals surface area contributed by atoms with Gasteiger partial charge >= 0.3 is 6.18 Å². The van der Waals surface area contributed by atoms with Gasteiger partial charge in [-0.15, -0.1) is 0 Å². The van der Waals surface area contributed by atoms with Crippen LogP contribution in [-0.4, -0.2) is 5.71 Å². The summed E-state index contributed by atoms with van der Waals surface area (Å²) in [6, 6.07) is 23.4. The van der Waals surface area contributed by atoms with Crippen molar-refractivity contribution in [2.45, 2.75) is 13.1 Å². The highest BCUT2D eigenvalue weighted by molar-refractivity contribution is 6.10. The second-order valence-corrected chi connectivity index (χ2v) is 6.61. The van der Waals surface area contributed by atoms with Crippen molar-refractivity contribution in [2.75, 3.05) is 5.43 Å². The van der Waals surface area contributed by atoms with Gasteiger partial charge in [-0.1, -0.05) is 54.6 Å². The number of nitrogens with one attached hydrogen (secondary N) is 1. The van der Waals surface area contributed by atoms with E-state index in [0.717, 1.165) is 28.5 Å². The fraction of sp³-hybridized carbons (Fsp3) is 0.0870. The van der Waals surface area contributed by atoms with Crippen LogP contribution in [0.3, 0.4) is 0 Å². The molecular formula is C23H17F3N2. The van der Waals surface area contributed by atoms with Gasteiger partial charge in [0.25, 0.3) is 0 Å². The first kappa shape index (κ1) is 18.0. The first-order chi connectivity index (χ1) is 13.4. The normalized spacial score (nSPS) is 12.5. The topological polar surface area (TPSA) is 24.4 Å². The summed E-state index contributed by atoms with van der Waals surface area (Å²) in [4.78, 5) is 0. The highest BCUT2D eigenvalue weighted by atomic mass is 19.4. The number of hydrazone groups is 1. The Morgan fingerprint density at radius 1 is 0.786 bits per heavy atom. The molecule has 140 valence electrons. The van der Waals surface area contributed by atoms with E-state index >= 15 is 0 Å². The average Bonchev–Trinajstić information content (AvgIpc) is 2.71. The molecule has 0 aliphatic rings. The zero-order chi connectivity index (χ0) is 19.7. The minimum atomic E-state index is -4.38. The summed E-state index contributed by atoms with van der Waals surface area (Å²) in [5.74, 6) is 0. The summed E-state index contributed by atoms with van der Waals surface area (Å²) in [6.07, 6.45) is -4.38.